The molecule has 3 atom stereocenters. The fraction of sp³-hybridized carbons (Fsp3) is 0.296. The largest absolute Gasteiger partial charge is 0.306 e. The van der Waals surface area contributed by atoms with Crippen LogP contribution in [0, 0.1) is 11.7 Å². The molecule has 1 fully saturated rings. The molecule has 0 spiro atoms. The quantitative estimate of drug-likeness (QED) is 0.721. The molecule has 0 bridgehead atoms. The number of ketones is 1. The minimum absolute atomic E-state index is 0.0626. The standard InChI is InChI=1S/C27H25FO3S/c1-16-13-24-22(3-2-4-25(24)29)27-23(18-6-8-20(28)9-7-18)15-19-14-17(11-12-32(30)31)5-10-21(19)26(16)27/h5-10,13-16,23H,2-4,11-12H2,1H3,(H,30,31). The normalized spacial score (nSPS) is 23.0. The maximum absolute atomic E-state index is 13.7. The molecule has 2 aromatic rings. The van der Waals surface area contributed by atoms with Gasteiger partial charge in [-0.2, -0.15) is 0 Å². The van der Waals surface area contributed by atoms with Gasteiger partial charge in [-0.1, -0.05) is 49.4 Å². The van der Waals surface area contributed by atoms with Crippen LogP contribution in [0.3, 0.4) is 0 Å². The monoisotopic (exact) mass is 448 g/mol. The summed E-state index contributed by atoms with van der Waals surface area (Å²) in [5.74, 6) is 0.193. The predicted octanol–water partition coefficient (Wildman–Crippen LogP) is 3.94. The van der Waals surface area contributed by atoms with Crippen LogP contribution in [0.1, 0.15) is 43.2 Å². The molecule has 5 rings (SSSR count). The Labute approximate surface area is 189 Å². The fourth-order valence-corrected chi connectivity index (χ4v) is 5.79. The number of aryl methyl sites for hydroxylation is 1. The summed E-state index contributed by atoms with van der Waals surface area (Å²) >= 11 is -1.83. The van der Waals surface area contributed by atoms with E-state index in [1.54, 1.807) is 0 Å². The predicted molar refractivity (Wildman–Crippen MR) is 125 cm³/mol. The minimum atomic E-state index is -1.83. The van der Waals surface area contributed by atoms with Gasteiger partial charge in [0, 0.05) is 23.8 Å². The van der Waals surface area contributed by atoms with Gasteiger partial charge in [-0.3, -0.25) is 4.79 Å². The maximum Gasteiger partial charge on any atom is 0.162 e. The van der Waals surface area contributed by atoms with E-state index in [-0.39, 0.29) is 29.2 Å². The highest BCUT2D eigenvalue weighted by Gasteiger charge is 2.35. The van der Waals surface area contributed by atoms with Crippen molar-refractivity contribution in [2.45, 2.75) is 38.5 Å². The third kappa shape index (κ3) is 3.74. The molecule has 0 saturated heterocycles. The average Bonchev–Trinajstić information content (AvgIpc) is 2.78. The summed E-state index contributed by atoms with van der Waals surface area (Å²) < 4.78 is 34.0. The minimum Gasteiger partial charge on any atom is -0.306 e. The van der Waals surface area contributed by atoms with Gasteiger partial charge < -0.3 is 4.55 Å². The zero-order valence-electron chi connectivity index (χ0n) is 17.9. The molecule has 1 N–H and O–H groups in total. The van der Waals surface area contributed by atoms with E-state index in [0.29, 0.717) is 12.8 Å². The van der Waals surface area contributed by atoms with Crippen LogP contribution in [0.2, 0.25) is 0 Å². The van der Waals surface area contributed by atoms with Crippen molar-refractivity contribution in [1.82, 2.24) is 0 Å². The van der Waals surface area contributed by atoms with E-state index in [1.807, 2.05) is 18.2 Å². The van der Waals surface area contributed by atoms with Crippen molar-refractivity contribution in [3.63, 3.8) is 0 Å². The van der Waals surface area contributed by atoms with Crippen LogP contribution in [0.15, 0.2) is 65.3 Å². The summed E-state index contributed by atoms with van der Waals surface area (Å²) in [7, 11) is 0. The van der Waals surface area contributed by atoms with E-state index >= 15 is 0 Å². The molecule has 3 aliphatic carbocycles. The average molecular weight is 449 g/mol. The molecule has 0 aliphatic heterocycles. The molecule has 2 aromatic carbocycles. The van der Waals surface area contributed by atoms with Crippen LogP contribution in [0.4, 0.5) is 4.39 Å². The number of allylic oxidation sites excluding steroid dienone is 4. The third-order valence-corrected chi connectivity index (χ3v) is 7.35. The molecular formula is C27H25FO3S. The highest BCUT2D eigenvalue weighted by Crippen LogP contribution is 2.47. The smallest absolute Gasteiger partial charge is 0.162 e. The zero-order valence-corrected chi connectivity index (χ0v) is 18.8. The highest BCUT2D eigenvalue weighted by atomic mass is 32.2. The van der Waals surface area contributed by atoms with E-state index in [0.717, 1.165) is 45.6 Å². The van der Waals surface area contributed by atoms with Crippen molar-refractivity contribution in [3.05, 3.63) is 92.6 Å². The first-order valence-electron chi connectivity index (χ1n) is 11.1. The van der Waals surface area contributed by atoms with Crippen molar-refractivity contribution in [3.8, 4) is 0 Å². The van der Waals surface area contributed by atoms with E-state index in [4.69, 9.17) is 0 Å². The number of halogens is 1. The van der Waals surface area contributed by atoms with Crippen LogP contribution in [-0.2, 0) is 22.3 Å². The number of hydrogen-bond donors (Lipinski definition) is 1. The Hall–Kier alpha value is -2.63. The molecule has 5 heteroatoms. The lowest BCUT2D eigenvalue weighted by atomic mass is 9.67. The topological polar surface area (TPSA) is 54.4 Å². The molecule has 164 valence electrons. The summed E-state index contributed by atoms with van der Waals surface area (Å²) in [6.07, 6.45) is 7.20. The molecule has 32 heavy (non-hydrogen) atoms. The van der Waals surface area contributed by atoms with E-state index in [1.165, 1.54) is 23.3 Å². The number of rotatable bonds is 4. The first kappa shape index (κ1) is 21.2. The highest BCUT2D eigenvalue weighted by molar-refractivity contribution is 7.79. The number of Topliss-reactive ketones (excluding diaryl/α,β-unsaturated/α-hetero) is 1. The van der Waals surface area contributed by atoms with Crippen molar-refractivity contribution < 1.29 is 17.9 Å². The van der Waals surface area contributed by atoms with Gasteiger partial charge in [-0.15, -0.1) is 0 Å². The Balaban J connectivity index is 1.76. The molecular weight excluding hydrogens is 423 g/mol. The van der Waals surface area contributed by atoms with Crippen LogP contribution in [-0.4, -0.2) is 20.3 Å². The van der Waals surface area contributed by atoms with Gasteiger partial charge in [0.25, 0.3) is 0 Å². The van der Waals surface area contributed by atoms with Crippen LogP contribution in [0.25, 0.3) is 11.6 Å². The lowest BCUT2D eigenvalue weighted by molar-refractivity contribution is -0.115. The summed E-state index contributed by atoms with van der Waals surface area (Å²) in [6.45, 7) is 2.14. The first-order valence-corrected chi connectivity index (χ1v) is 12.4. The molecule has 1 saturated carbocycles. The van der Waals surface area contributed by atoms with Crippen molar-refractivity contribution in [1.29, 1.82) is 0 Å². The second-order valence-electron chi connectivity index (χ2n) is 8.84. The van der Waals surface area contributed by atoms with E-state index in [2.05, 4.69) is 31.2 Å². The van der Waals surface area contributed by atoms with Gasteiger partial charge in [-0.25, -0.2) is 8.60 Å². The molecule has 0 heterocycles. The number of benzene rings is 2. The van der Waals surface area contributed by atoms with Crippen molar-refractivity contribution in [2.75, 3.05) is 5.75 Å². The molecule has 3 unspecified atom stereocenters. The lowest BCUT2D eigenvalue weighted by Gasteiger charge is -2.36. The molecule has 3 nitrogen and oxygen atoms in total. The van der Waals surface area contributed by atoms with Crippen LogP contribution in [0.5, 0.6) is 0 Å². The fourth-order valence-electron chi connectivity index (χ4n) is 5.38. The van der Waals surface area contributed by atoms with Gasteiger partial charge in [0.15, 0.2) is 16.9 Å². The molecule has 0 radical (unpaired) electrons. The second-order valence-corrected chi connectivity index (χ2v) is 9.90. The van der Waals surface area contributed by atoms with Gasteiger partial charge in [-0.05, 0) is 69.7 Å². The van der Waals surface area contributed by atoms with Gasteiger partial charge in [0.05, 0.1) is 5.75 Å². The summed E-state index contributed by atoms with van der Waals surface area (Å²) in [6, 6.07) is 12.9. The SMILES string of the molecule is CC1C=C2C(=O)CCCC2=C2C1=c1ccc(CCS(=O)O)cc1=CC2c1ccc(F)cc1. The molecule has 0 aromatic heterocycles. The van der Waals surface area contributed by atoms with Crippen LogP contribution >= 0.6 is 0 Å². The van der Waals surface area contributed by atoms with Crippen molar-refractivity contribution in [2.24, 2.45) is 5.92 Å². The molecule has 3 aliphatic rings. The van der Waals surface area contributed by atoms with Gasteiger partial charge >= 0.3 is 0 Å². The summed E-state index contributed by atoms with van der Waals surface area (Å²) in [5.41, 5.74) is 6.47. The number of hydrogen-bond acceptors (Lipinski definition) is 2. The molecule has 0 amide bonds. The third-order valence-electron chi connectivity index (χ3n) is 6.80. The number of fused-ring (bicyclic) bond motifs is 3. The Morgan fingerprint density at radius 1 is 1.06 bits per heavy atom. The zero-order chi connectivity index (χ0) is 22.4. The Morgan fingerprint density at radius 2 is 1.84 bits per heavy atom. The lowest BCUT2D eigenvalue weighted by Crippen LogP contribution is -2.37. The van der Waals surface area contributed by atoms with E-state index in [9.17, 15) is 17.9 Å². The van der Waals surface area contributed by atoms with Crippen molar-refractivity contribution >= 4 is 28.5 Å². The summed E-state index contributed by atoms with van der Waals surface area (Å²) in [5, 5.41) is 2.24. The Kier molecular flexibility index (Phi) is 5.56. The number of carbonyl (C=O) groups is 1. The first-order chi connectivity index (χ1) is 15.4. The van der Waals surface area contributed by atoms with Gasteiger partial charge in [0.1, 0.15) is 5.82 Å². The number of carbonyl (C=O) groups excluding carboxylic acids is 1. The maximum atomic E-state index is 13.7. The summed E-state index contributed by atoms with van der Waals surface area (Å²) in [4.78, 5) is 12.7. The second kappa shape index (κ2) is 8.38. The van der Waals surface area contributed by atoms with E-state index < -0.39 is 11.1 Å². The Bertz CT molecular complexity index is 1320. The Morgan fingerprint density at radius 3 is 2.59 bits per heavy atom. The van der Waals surface area contributed by atoms with Gasteiger partial charge in [0.2, 0.25) is 0 Å². The van der Waals surface area contributed by atoms with Crippen LogP contribution < -0.4 is 10.4 Å².